The van der Waals surface area contributed by atoms with Crippen molar-refractivity contribution in [2.45, 2.75) is 6.92 Å². The van der Waals surface area contributed by atoms with Gasteiger partial charge in [0.2, 0.25) is 0 Å². The van der Waals surface area contributed by atoms with Crippen LogP contribution in [0.1, 0.15) is 12.5 Å². The number of rotatable bonds is 3. The van der Waals surface area contributed by atoms with Gasteiger partial charge >= 0.3 is 0 Å². The van der Waals surface area contributed by atoms with Gasteiger partial charge in [0.05, 0.1) is 23.1 Å². The minimum atomic E-state index is -0.313. The molecule has 1 saturated heterocycles. The molecule has 6 heteroatoms. The second-order valence-electron chi connectivity index (χ2n) is 4.59. The van der Waals surface area contributed by atoms with Crippen molar-refractivity contribution in [2.75, 3.05) is 6.54 Å². The van der Waals surface area contributed by atoms with Gasteiger partial charge in [-0.15, -0.1) is 0 Å². The summed E-state index contributed by atoms with van der Waals surface area (Å²) in [7, 11) is 0. The minimum Gasteiger partial charge on any atom is -0.472 e. The molecule has 2 aromatic rings. The van der Waals surface area contributed by atoms with Crippen molar-refractivity contribution in [3.63, 3.8) is 0 Å². The molecule has 1 aliphatic heterocycles. The first-order chi connectivity index (χ1) is 10.7. The van der Waals surface area contributed by atoms with Gasteiger partial charge in [0.15, 0.2) is 5.17 Å². The average Bonchev–Trinajstić information content (AvgIpc) is 3.11. The molecular weight excluding hydrogens is 303 g/mol. The normalized spacial score (nSPS) is 18.6. The minimum absolute atomic E-state index is 0.0884. The highest BCUT2D eigenvalue weighted by atomic mass is 32.2. The molecule has 4 nitrogen and oxygen atoms in total. The third kappa shape index (κ3) is 2.96. The van der Waals surface area contributed by atoms with Gasteiger partial charge in [0.25, 0.3) is 5.91 Å². The zero-order valence-electron chi connectivity index (χ0n) is 11.8. The Balaban J connectivity index is 1.91. The quantitative estimate of drug-likeness (QED) is 0.803. The zero-order valence-corrected chi connectivity index (χ0v) is 12.6. The topological polar surface area (TPSA) is 45.8 Å². The predicted octanol–water partition coefficient (Wildman–Crippen LogP) is 4.04. The molecule has 1 aromatic heterocycles. The highest BCUT2D eigenvalue weighted by molar-refractivity contribution is 8.18. The molecule has 0 atom stereocenters. The number of likely N-dealkylation sites (N-methyl/N-ethyl adjacent to an activating group) is 1. The summed E-state index contributed by atoms with van der Waals surface area (Å²) in [6.07, 6.45) is 4.90. The summed E-state index contributed by atoms with van der Waals surface area (Å²) in [6, 6.07) is 7.64. The number of amidine groups is 1. The van der Waals surface area contributed by atoms with E-state index in [-0.39, 0.29) is 11.7 Å². The van der Waals surface area contributed by atoms with Gasteiger partial charge in [-0.3, -0.25) is 9.69 Å². The van der Waals surface area contributed by atoms with E-state index in [2.05, 4.69) is 4.99 Å². The van der Waals surface area contributed by atoms with Crippen molar-refractivity contribution in [1.29, 1.82) is 0 Å². The third-order valence-electron chi connectivity index (χ3n) is 3.10. The van der Waals surface area contributed by atoms with Crippen LogP contribution in [0.25, 0.3) is 6.08 Å². The lowest BCUT2D eigenvalue weighted by molar-refractivity contribution is -0.122. The summed E-state index contributed by atoms with van der Waals surface area (Å²) in [6.45, 7) is 2.41. The van der Waals surface area contributed by atoms with E-state index in [1.165, 1.54) is 23.9 Å². The molecule has 0 spiro atoms. The van der Waals surface area contributed by atoms with E-state index in [1.807, 2.05) is 6.92 Å². The molecule has 1 fully saturated rings. The van der Waals surface area contributed by atoms with Crippen LogP contribution in [0.15, 0.2) is 57.2 Å². The number of hydrogen-bond donors (Lipinski definition) is 0. The van der Waals surface area contributed by atoms with Gasteiger partial charge in [-0.1, -0.05) is 0 Å². The third-order valence-corrected chi connectivity index (χ3v) is 4.10. The van der Waals surface area contributed by atoms with Crippen LogP contribution < -0.4 is 0 Å². The lowest BCUT2D eigenvalue weighted by Crippen LogP contribution is -2.28. The highest BCUT2D eigenvalue weighted by Crippen LogP contribution is 2.33. The smallest absolute Gasteiger partial charge is 0.266 e. The molecule has 2 heterocycles. The Kier molecular flexibility index (Phi) is 4.11. The number of halogens is 1. The van der Waals surface area contributed by atoms with Gasteiger partial charge in [0, 0.05) is 12.1 Å². The summed E-state index contributed by atoms with van der Waals surface area (Å²) in [5.74, 6) is -0.401. The molecule has 0 N–H and O–H groups in total. The predicted molar refractivity (Wildman–Crippen MR) is 85.2 cm³/mol. The van der Waals surface area contributed by atoms with Crippen LogP contribution in [0, 0.1) is 5.82 Å². The average molecular weight is 316 g/mol. The maximum absolute atomic E-state index is 12.9. The van der Waals surface area contributed by atoms with E-state index in [0.29, 0.717) is 22.3 Å². The van der Waals surface area contributed by atoms with E-state index < -0.39 is 0 Å². The van der Waals surface area contributed by atoms with E-state index in [4.69, 9.17) is 4.42 Å². The van der Waals surface area contributed by atoms with Crippen LogP contribution in [-0.4, -0.2) is 22.5 Å². The number of aliphatic imine (C=N–C) groups is 1. The molecular formula is C16H13FN2O2S. The van der Waals surface area contributed by atoms with Crippen molar-refractivity contribution in [1.82, 2.24) is 4.90 Å². The van der Waals surface area contributed by atoms with Crippen molar-refractivity contribution in [3.8, 4) is 0 Å². The lowest BCUT2D eigenvalue weighted by Gasteiger charge is -2.11. The van der Waals surface area contributed by atoms with Gasteiger partial charge < -0.3 is 4.42 Å². The first-order valence-electron chi connectivity index (χ1n) is 6.75. The standard InChI is InChI=1S/C16H13FN2O2S/c1-2-19-15(20)14(9-11-7-8-21-10-11)22-16(19)18-13-5-3-12(17)4-6-13/h3-10H,2H2,1H3/b14-9+,18-16?. The Hall–Kier alpha value is -2.34. The fraction of sp³-hybridized carbons (Fsp3) is 0.125. The van der Waals surface area contributed by atoms with E-state index >= 15 is 0 Å². The van der Waals surface area contributed by atoms with Crippen molar-refractivity contribution < 1.29 is 13.6 Å². The Morgan fingerprint density at radius 1 is 1.32 bits per heavy atom. The van der Waals surface area contributed by atoms with Crippen LogP contribution >= 0.6 is 11.8 Å². The monoisotopic (exact) mass is 316 g/mol. The second-order valence-corrected chi connectivity index (χ2v) is 5.60. The van der Waals surface area contributed by atoms with Gasteiger partial charge in [-0.25, -0.2) is 9.38 Å². The molecule has 1 aliphatic rings. The summed E-state index contributed by atoms with van der Waals surface area (Å²) >= 11 is 1.30. The Labute approximate surface area is 131 Å². The number of carbonyl (C=O) groups excluding carboxylic acids is 1. The molecule has 0 saturated carbocycles. The molecule has 3 rings (SSSR count). The molecule has 0 unspecified atom stereocenters. The van der Waals surface area contributed by atoms with Gasteiger partial charge in [-0.2, -0.15) is 0 Å². The summed E-state index contributed by atoms with van der Waals surface area (Å²) in [5, 5.41) is 0.592. The van der Waals surface area contributed by atoms with Gasteiger partial charge in [-0.05, 0) is 55.1 Å². The number of carbonyl (C=O) groups is 1. The van der Waals surface area contributed by atoms with Crippen LogP contribution in [0.2, 0.25) is 0 Å². The number of furan rings is 1. The highest BCUT2D eigenvalue weighted by Gasteiger charge is 2.32. The Morgan fingerprint density at radius 2 is 2.09 bits per heavy atom. The fourth-order valence-corrected chi connectivity index (χ4v) is 3.07. The molecule has 112 valence electrons. The molecule has 22 heavy (non-hydrogen) atoms. The fourth-order valence-electron chi connectivity index (χ4n) is 2.00. The SMILES string of the molecule is CCN1C(=O)/C(=C\c2ccoc2)SC1=Nc1ccc(F)cc1. The first-order valence-corrected chi connectivity index (χ1v) is 7.57. The Morgan fingerprint density at radius 3 is 2.73 bits per heavy atom. The zero-order chi connectivity index (χ0) is 15.5. The van der Waals surface area contributed by atoms with Crippen molar-refractivity contribution in [3.05, 3.63) is 59.1 Å². The van der Waals surface area contributed by atoms with E-state index in [0.717, 1.165) is 5.56 Å². The maximum atomic E-state index is 12.9. The van der Waals surface area contributed by atoms with Crippen LogP contribution in [0.3, 0.4) is 0 Å². The molecule has 1 aromatic carbocycles. The summed E-state index contributed by atoms with van der Waals surface area (Å²) in [4.78, 5) is 19.0. The number of nitrogens with zero attached hydrogens (tertiary/aromatic N) is 2. The molecule has 0 bridgehead atoms. The van der Waals surface area contributed by atoms with Crippen LogP contribution in [0.4, 0.5) is 10.1 Å². The van der Waals surface area contributed by atoms with Crippen molar-refractivity contribution >= 4 is 34.6 Å². The number of amides is 1. The van der Waals surface area contributed by atoms with Crippen LogP contribution in [-0.2, 0) is 4.79 Å². The number of hydrogen-bond acceptors (Lipinski definition) is 4. The summed E-state index contributed by atoms with van der Waals surface area (Å²) in [5.41, 5.74) is 1.44. The lowest BCUT2D eigenvalue weighted by atomic mass is 10.3. The first kappa shape index (κ1) is 14.6. The summed E-state index contributed by atoms with van der Waals surface area (Å²) < 4.78 is 17.9. The molecule has 1 amide bonds. The molecule has 0 aliphatic carbocycles. The van der Waals surface area contributed by atoms with E-state index in [1.54, 1.807) is 41.7 Å². The largest absolute Gasteiger partial charge is 0.472 e. The van der Waals surface area contributed by atoms with E-state index in [9.17, 15) is 9.18 Å². The maximum Gasteiger partial charge on any atom is 0.266 e. The van der Waals surface area contributed by atoms with Crippen LogP contribution in [0.5, 0.6) is 0 Å². The van der Waals surface area contributed by atoms with Crippen molar-refractivity contribution in [2.24, 2.45) is 4.99 Å². The number of thioether (sulfide) groups is 1. The second kappa shape index (κ2) is 6.19. The Bertz CT molecular complexity index is 736. The molecule has 0 radical (unpaired) electrons. The number of benzene rings is 1. The van der Waals surface area contributed by atoms with Gasteiger partial charge in [0.1, 0.15) is 5.82 Å².